The molecule has 0 aliphatic rings. The molecule has 0 radical (unpaired) electrons. The number of rotatable bonds is 3. The normalized spacial score (nSPS) is 12.6. The summed E-state index contributed by atoms with van der Waals surface area (Å²) in [6, 6.07) is 19.5. The average molecular weight is 385 g/mol. The molecule has 0 saturated carbocycles. The largest absolute Gasteiger partial charge is 0.0827 e. The van der Waals surface area contributed by atoms with Gasteiger partial charge in [0.2, 0.25) is 0 Å². The smallest absolute Gasteiger partial charge is 0.0595 e. The number of fused-ring (bicyclic) bond motifs is 1. The molecule has 3 aromatic carbocycles. The van der Waals surface area contributed by atoms with Gasteiger partial charge >= 0.3 is 0 Å². The van der Waals surface area contributed by atoms with E-state index in [-0.39, 0.29) is 10.8 Å². The highest BCUT2D eigenvalue weighted by Crippen LogP contribution is 2.33. The lowest BCUT2D eigenvalue weighted by molar-refractivity contribution is 0.522. The molecule has 0 atom stereocenters. The van der Waals surface area contributed by atoms with E-state index < -0.39 is 0 Å². The number of benzene rings is 3. The van der Waals surface area contributed by atoms with Crippen LogP contribution in [-0.4, -0.2) is 0 Å². The molecule has 2 heteroatoms. The fourth-order valence-corrected chi connectivity index (χ4v) is 3.70. The Bertz CT molecular complexity index is 946. The van der Waals surface area contributed by atoms with Crippen LogP contribution in [0.2, 0.25) is 10.0 Å². The van der Waals surface area contributed by atoms with Gasteiger partial charge in [-0.15, -0.1) is 0 Å². The van der Waals surface area contributed by atoms with E-state index in [0.29, 0.717) is 10.0 Å². The van der Waals surface area contributed by atoms with Gasteiger partial charge in [0.05, 0.1) is 10.0 Å². The molecular formula is C24H26Cl2. The van der Waals surface area contributed by atoms with E-state index >= 15 is 0 Å². The second-order valence-electron chi connectivity index (χ2n) is 8.84. The summed E-state index contributed by atoms with van der Waals surface area (Å²) in [7, 11) is 0. The summed E-state index contributed by atoms with van der Waals surface area (Å²) >= 11 is 12.3. The van der Waals surface area contributed by atoms with Gasteiger partial charge in [-0.05, 0) is 56.8 Å². The first-order valence-corrected chi connectivity index (χ1v) is 9.81. The second-order valence-corrected chi connectivity index (χ2v) is 9.65. The summed E-state index contributed by atoms with van der Waals surface area (Å²) in [6.45, 7) is 11.3. The number of hydrogen-bond donors (Lipinski definition) is 0. The van der Waals surface area contributed by atoms with Crippen molar-refractivity contribution in [3.63, 3.8) is 0 Å². The van der Waals surface area contributed by atoms with Crippen LogP contribution in [0.15, 0.2) is 54.6 Å². The van der Waals surface area contributed by atoms with Crippen molar-refractivity contribution in [2.45, 2.75) is 51.9 Å². The van der Waals surface area contributed by atoms with Crippen molar-refractivity contribution in [2.24, 2.45) is 0 Å². The summed E-state index contributed by atoms with van der Waals surface area (Å²) in [5.41, 5.74) is 4.04. The van der Waals surface area contributed by atoms with Gasteiger partial charge in [-0.2, -0.15) is 0 Å². The number of halogens is 2. The van der Waals surface area contributed by atoms with Crippen LogP contribution in [0.5, 0.6) is 0 Å². The Kier molecular flexibility index (Phi) is 5.12. The fourth-order valence-electron chi connectivity index (χ4n) is 3.40. The van der Waals surface area contributed by atoms with E-state index in [0.717, 1.165) is 6.42 Å². The summed E-state index contributed by atoms with van der Waals surface area (Å²) in [4.78, 5) is 0. The zero-order valence-electron chi connectivity index (χ0n) is 16.2. The minimum absolute atomic E-state index is 0.0243. The highest BCUT2D eigenvalue weighted by Gasteiger charge is 2.22. The fraction of sp³-hybridized carbons (Fsp3) is 0.333. The second kappa shape index (κ2) is 6.91. The molecule has 0 nitrogen and oxygen atoms in total. The van der Waals surface area contributed by atoms with Crippen LogP contribution in [-0.2, 0) is 17.3 Å². The van der Waals surface area contributed by atoms with Crippen molar-refractivity contribution in [1.29, 1.82) is 0 Å². The maximum absolute atomic E-state index is 6.23. The van der Waals surface area contributed by atoms with Crippen molar-refractivity contribution < 1.29 is 0 Å². The van der Waals surface area contributed by atoms with Crippen LogP contribution in [0.3, 0.4) is 0 Å². The Labute approximate surface area is 167 Å². The molecule has 0 aliphatic heterocycles. The van der Waals surface area contributed by atoms with Gasteiger partial charge in [-0.1, -0.05) is 100 Å². The summed E-state index contributed by atoms with van der Waals surface area (Å²) in [6.07, 6.45) is 0.945. The topological polar surface area (TPSA) is 0 Å². The molecule has 0 spiro atoms. The predicted molar refractivity (Wildman–Crippen MR) is 116 cm³/mol. The quantitative estimate of drug-likeness (QED) is 0.429. The van der Waals surface area contributed by atoms with E-state index in [2.05, 4.69) is 77.1 Å². The molecule has 0 heterocycles. The average Bonchev–Trinajstić information content (AvgIpc) is 2.55. The first-order chi connectivity index (χ1) is 12.1. The Hall–Kier alpha value is -1.50. The van der Waals surface area contributed by atoms with Crippen molar-refractivity contribution in [3.05, 3.63) is 81.3 Å². The molecule has 0 bridgehead atoms. The van der Waals surface area contributed by atoms with Gasteiger partial charge in [0.25, 0.3) is 0 Å². The summed E-state index contributed by atoms with van der Waals surface area (Å²) < 4.78 is 0. The molecule has 0 aliphatic carbocycles. The monoisotopic (exact) mass is 384 g/mol. The standard InChI is InChI=1S/C24H26Cl2/c1-23(2,3)19-9-8-17-7-6-16(12-18(17)13-19)15-24(4,5)20-10-11-21(25)22(26)14-20/h6-14H,15H2,1-5H3. The summed E-state index contributed by atoms with van der Waals surface area (Å²) in [5, 5.41) is 3.81. The van der Waals surface area contributed by atoms with Gasteiger partial charge in [0, 0.05) is 0 Å². The van der Waals surface area contributed by atoms with Gasteiger partial charge < -0.3 is 0 Å². The van der Waals surface area contributed by atoms with Crippen molar-refractivity contribution >= 4 is 34.0 Å². The van der Waals surface area contributed by atoms with Crippen molar-refractivity contribution in [1.82, 2.24) is 0 Å². The molecule has 0 fully saturated rings. The molecule has 0 unspecified atom stereocenters. The molecular weight excluding hydrogens is 359 g/mol. The first kappa shape index (κ1) is 19.3. The van der Waals surface area contributed by atoms with Crippen LogP contribution in [0.4, 0.5) is 0 Å². The molecule has 3 aromatic rings. The van der Waals surface area contributed by atoms with E-state index in [1.165, 1.54) is 27.5 Å². The van der Waals surface area contributed by atoms with Crippen LogP contribution in [0.1, 0.15) is 51.3 Å². The van der Waals surface area contributed by atoms with Crippen LogP contribution >= 0.6 is 23.2 Å². The zero-order chi connectivity index (χ0) is 19.1. The van der Waals surface area contributed by atoms with Gasteiger partial charge in [0.15, 0.2) is 0 Å². The summed E-state index contributed by atoms with van der Waals surface area (Å²) in [5.74, 6) is 0. The Balaban J connectivity index is 1.95. The lowest BCUT2D eigenvalue weighted by Gasteiger charge is -2.26. The van der Waals surface area contributed by atoms with Gasteiger partial charge in [-0.3, -0.25) is 0 Å². The van der Waals surface area contributed by atoms with Crippen LogP contribution in [0.25, 0.3) is 10.8 Å². The van der Waals surface area contributed by atoms with Gasteiger partial charge in [-0.25, -0.2) is 0 Å². The van der Waals surface area contributed by atoms with Crippen molar-refractivity contribution in [2.75, 3.05) is 0 Å². The molecule has 3 rings (SSSR count). The van der Waals surface area contributed by atoms with Gasteiger partial charge in [0.1, 0.15) is 0 Å². The van der Waals surface area contributed by atoms with E-state index in [4.69, 9.17) is 23.2 Å². The third kappa shape index (κ3) is 4.08. The molecule has 0 aromatic heterocycles. The lowest BCUT2D eigenvalue weighted by Crippen LogP contribution is -2.20. The van der Waals surface area contributed by atoms with Crippen LogP contribution < -0.4 is 0 Å². The molecule has 136 valence electrons. The van der Waals surface area contributed by atoms with Crippen molar-refractivity contribution in [3.8, 4) is 0 Å². The SMILES string of the molecule is CC(C)(C)c1ccc2ccc(CC(C)(C)c3ccc(Cl)c(Cl)c3)cc2c1. The lowest BCUT2D eigenvalue weighted by atomic mass is 9.79. The van der Waals surface area contributed by atoms with E-state index in [1.54, 1.807) is 0 Å². The highest BCUT2D eigenvalue weighted by molar-refractivity contribution is 6.42. The maximum Gasteiger partial charge on any atom is 0.0595 e. The minimum atomic E-state index is -0.0243. The Morgan fingerprint density at radius 2 is 1.31 bits per heavy atom. The minimum Gasteiger partial charge on any atom is -0.0827 e. The van der Waals surface area contributed by atoms with Crippen LogP contribution in [0, 0.1) is 0 Å². The predicted octanol–water partition coefficient (Wildman–Crippen LogP) is 7.96. The van der Waals surface area contributed by atoms with E-state index in [9.17, 15) is 0 Å². The molecule has 26 heavy (non-hydrogen) atoms. The molecule has 0 saturated heterocycles. The Morgan fingerprint density at radius 1 is 0.654 bits per heavy atom. The molecule has 0 N–H and O–H groups in total. The van der Waals surface area contributed by atoms with E-state index in [1.807, 2.05) is 12.1 Å². The Morgan fingerprint density at radius 3 is 1.96 bits per heavy atom. The third-order valence-electron chi connectivity index (χ3n) is 5.12. The number of hydrogen-bond acceptors (Lipinski definition) is 0. The highest BCUT2D eigenvalue weighted by atomic mass is 35.5. The molecule has 0 amide bonds. The first-order valence-electron chi connectivity index (χ1n) is 9.05. The zero-order valence-corrected chi connectivity index (χ0v) is 17.7. The third-order valence-corrected chi connectivity index (χ3v) is 5.86. The maximum atomic E-state index is 6.23.